The molecule has 3 nitrogen and oxygen atoms in total. The minimum absolute atomic E-state index is 0.630. The van der Waals surface area contributed by atoms with Crippen LogP contribution in [0.4, 0.5) is 0 Å². The standard InChI is InChI=1S/C10H22O3Si/c1-5-9(11,6-2)10(7-3,8-4)13-14-12/h11,14H,5-8H2,1-4H3. The molecule has 0 spiro atoms. The van der Waals surface area contributed by atoms with Crippen molar-refractivity contribution in [3.05, 3.63) is 0 Å². The van der Waals surface area contributed by atoms with Crippen LogP contribution in [0, 0.1) is 0 Å². The highest BCUT2D eigenvalue weighted by Gasteiger charge is 2.46. The van der Waals surface area contributed by atoms with Crippen molar-refractivity contribution >= 4 is 9.65 Å². The number of aliphatic hydroxyl groups is 1. The SMILES string of the molecule is CCC(O)(CC)C(CC)(CC)O[SiH]=O. The molecule has 0 aliphatic heterocycles. The van der Waals surface area contributed by atoms with Gasteiger partial charge in [0.05, 0.1) is 0 Å². The van der Waals surface area contributed by atoms with Crippen LogP contribution >= 0.6 is 0 Å². The van der Waals surface area contributed by atoms with Gasteiger partial charge < -0.3 is 14.0 Å². The van der Waals surface area contributed by atoms with E-state index < -0.39 is 20.9 Å². The molecule has 0 fully saturated rings. The van der Waals surface area contributed by atoms with Crippen molar-refractivity contribution in [2.45, 2.75) is 64.6 Å². The Labute approximate surface area is 88.9 Å². The van der Waals surface area contributed by atoms with Gasteiger partial charge in [0.15, 0.2) is 0 Å². The molecule has 0 heterocycles. The number of rotatable bonds is 7. The average molecular weight is 218 g/mol. The molecule has 0 bridgehead atoms. The molecule has 0 atom stereocenters. The Morgan fingerprint density at radius 2 is 1.50 bits per heavy atom. The van der Waals surface area contributed by atoms with Crippen molar-refractivity contribution in [1.29, 1.82) is 0 Å². The molecule has 14 heavy (non-hydrogen) atoms. The monoisotopic (exact) mass is 218 g/mol. The van der Waals surface area contributed by atoms with Crippen LogP contribution in [0.15, 0.2) is 0 Å². The van der Waals surface area contributed by atoms with Gasteiger partial charge in [-0.05, 0) is 25.7 Å². The van der Waals surface area contributed by atoms with E-state index in [4.69, 9.17) is 4.43 Å². The summed E-state index contributed by atoms with van der Waals surface area (Å²) in [7, 11) is -1.26. The van der Waals surface area contributed by atoms with Crippen LogP contribution in [0.1, 0.15) is 53.4 Å². The lowest BCUT2D eigenvalue weighted by Crippen LogP contribution is -2.54. The lowest BCUT2D eigenvalue weighted by Gasteiger charge is -2.45. The molecule has 0 saturated heterocycles. The molecule has 0 radical (unpaired) electrons. The maximum atomic E-state index is 10.7. The minimum Gasteiger partial charge on any atom is -0.518 e. The van der Waals surface area contributed by atoms with E-state index >= 15 is 0 Å². The lowest BCUT2D eigenvalue weighted by atomic mass is 9.75. The van der Waals surface area contributed by atoms with Crippen molar-refractivity contribution in [3.63, 3.8) is 0 Å². The second-order valence-electron chi connectivity index (χ2n) is 3.65. The molecule has 0 rings (SSSR count). The summed E-state index contributed by atoms with van der Waals surface area (Å²) in [6.45, 7) is 7.81. The first-order chi connectivity index (χ1) is 6.55. The van der Waals surface area contributed by atoms with Crippen LogP contribution in [-0.2, 0) is 8.89 Å². The largest absolute Gasteiger partial charge is 0.518 e. The van der Waals surface area contributed by atoms with Crippen molar-refractivity contribution in [1.82, 2.24) is 0 Å². The van der Waals surface area contributed by atoms with E-state index in [1.165, 1.54) is 0 Å². The summed E-state index contributed by atoms with van der Waals surface area (Å²) in [6.07, 6.45) is 2.64. The third kappa shape index (κ3) is 2.23. The fourth-order valence-electron chi connectivity index (χ4n) is 2.17. The van der Waals surface area contributed by atoms with Gasteiger partial charge in [-0.2, -0.15) is 0 Å². The van der Waals surface area contributed by atoms with Gasteiger partial charge in [-0.1, -0.05) is 27.7 Å². The fourth-order valence-corrected chi connectivity index (χ4v) is 2.91. The number of hydrogen-bond acceptors (Lipinski definition) is 3. The molecule has 0 aromatic rings. The van der Waals surface area contributed by atoms with E-state index in [1.807, 2.05) is 27.7 Å². The maximum absolute atomic E-state index is 10.7. The van der Waals surface area contributed by atoms with Gasteiger partial charge in [-0.15, -0.1) is 0 Å². The molecule has 0 aromatic heterocycles. The molecule has 1 N–H and O–H groups in total. The Kier molecular flexibility index (Phi) is 5.52. The summed E-state index contributed by atoms with van der Waals surface area (Å²) in [4.78, 5) is 0. The van der Waals surface area contributed by atoms with Gasteiger partial charge in [-0.25, -0.2) is 0 Å². The van der Waals surface area contributed by atoms with E-state index in [2.05, 4.69) is 0 Å². The predicted octanol–water partition coefficient (Wildman–Crippen LogP) is 1.81. The molecule has 0 aromatic carbocycles. The van der Waals surface area contributed by atoms with E-state index in [1.54, 1.807) is 0 Å². The normalized spacial score (nSPS) is 12.6. The smallest absolute Gasteiger partial charge is 0.487 e. The summed E-state index contributed by atoms with van der Waals surface area (Å²) in [6, 6.07) is 0. The van der Waals surface area contributed by atoms with Crippen molar-refractivity contribution in [2.24, 2.45) is 0 Å². The first-order valence-electron chi connectivity index (χ1n) is 5.39. The van der Waals surface area contributed by atoms with Gasteiger partial charge in [0.2, 0.25) is 0 Å². The molecule has 0 aliphatic carbocycles. The highest BCUT2D eigenvalue weighted by Crippen LogP contribution is 2.37. The first kappa shape index (κ1) is 13.8. The second-order valence-corrected chi connectivity index (χ2v) is 4.08. The van der Waals surface area contributed by atoms with Gasteiger partial charge >= 0.3 is 9.65 Å². The van der Waals surface area contributed by atoms with Gasteiger partial charge in [0.1, 0.15) is 11.2 Å². The Morgan fingerprint density at radius 3 is 1.71 bits per heavy atom. The van der Waals surface area contributed by atoms with Gasteiger partial charge in [0.25, 0.3) is 0 Å². The van der Waals surface area contributed by atoms with E-state index in [9.17, 15) is 9.57 Å². The van der Waals surface area contributed by atoms with Crippen molar-refractivity contribution in [2.75, 3.05) is 0 Å². The zero-order chi connectivity index (χ0) is 11.2. The molecule has 0 unspecified atom stereocenters. The minimum atomic E-state index is -1.26. The lowest BCUT2D eigenvalue weighted by molar-refractivity contribution is -0.145. The van der Waals surface area contributed by atoms with Crippen LogP contribution in [0.25, 0.3) is 0 Å². The third-order valence-electron chi connectivity index (χ3n) is 3.43. The van der Waals surface area contributed by atoms with Gasteiger partial charge in [-0.3, -0.25) is 0 Å². The highest BCUT2D eigenvalue weighted by atomic mass is 28.2. The Balaban J connectivity index is 5.01. The van der Waals surface area contributed by atoms with Crippen LogP contribution in [-0.4, -0.2) is 26.0 Å². The molecular weight excluding hydrogens is 196 g/mol. The molecule has 0 amide bonds. The quantitative estimate of drug-likeness (QED) is 0.663. The third-order valence-corrected chi connectivity index (χ3v) is 3.98. The summed E-state index contributed by atoms with van der Waals surface area (Å²) in [5.41, 5.74) is -1.48. The topological polar surface area (TPSA) is 46.5 Å². The molecule has 4 heteroatoms. The van der Waals surface area contributed by atoms with Crippen LogP contribution in [0.2, 0.25) is 0 Å². The predicted molar refractivity (Wildman–Crippen MR) is 57.8 cm³/mol. The highest BCUT2D eigenvalue weighted by molar-refractivity contribution is 6.07. The zero-order valence-electron chi connectivity index (χ0n) is 9.67. The first-order valence-corrected chi connectivity index (χ1v) is 6.33. The molecule has 0 saturated carbocycles. The van der Waals surface area contributed by atoms with E-state index in [0.717, 1.165) is 0 Å². The van der Waals surface area contributed by atoms with E-state index in [-0.39, 0.29) is 0 Å². The molecule has 84 valence electrons. The van der Waals surface area contributed by atoms with Crippen LogP contribution < -0.4 is 0 Å². The maximum Gasteiger partial charge on any atom is 0.487 e. The molecule has 0 aliphatic rings. The number of hydrogen-bond donors (Lipinski definition) is 1. The second kappa shape index (κ2) is 5.61. The van der Waals surface area contributed by atoms with E-state index in [0.29, 0.717) is 25.7 Å². The van der Waals surface area contributed by atoms with Crippen LogP contribution in [0.5, 0.6) is 0 Å². The Morgan fingerprint density at radius 1 is 1.07 bits per heavy atom. The summed E-state index contributed by atoms with van der Waals surface area (Å²) in [5, 5.41) is 10.4. The summed E-state index contributed by atoms with van der Waals surface area (Å²) in [5.74, 6) is 0. The molecular formula is C10H22O3Si. The van der Waals surface area contributed by atoms with Crippen molar-refractivity contribution in [3.8, 4) is 0 Å². The van der Waals surface area contributed by atoms with Crippen molar-refractivity contribution < 1.29 is 14.0 Å². The zero-order valence-corrected chi connectivity index (χ0v) is 10.8. The van der Waals surface area contributed by atoms with Gasteiger partial charge in [0, 0.05) is 0 Å². The fraction of sp³-hybridized carbons (Fsp3) is 1.00. The Bertz CT molecular complexity index is 174. The Hall–Kier alpha value is -0.223. The van der Waals surface area contributed by atoms with Crippen LogP contribution in [0.3, 0.4) is 0 Å². The summed E-state index contributed by atoms with van der Waals surface area (Å²) >= 11 is 0. The summed E-state index contributed by atoms with van der Waals surface area (Å²) < 4.78 is 16.0. The average Bonchev–Trinajstić information content (AvgIpc) is 2.24.